The molecule has 0 saturated carbocycles. The lowest BCUT2D eigenvalue weighted by molar-refractivity contribution is -0.107. The van der Waals surface area contributed by atoms with Crippen LogP contribution in [0, 0.1) is 5.92 Å². The first-order chi connectivity index (χ1) is 5.74. The highest BCUT2D eigenvalue weighted by molar-refractivity contribution is 5.54. The summed E-state index contributed by atoms with van der Waals surface area (Å²) < 4.78 is 0. The molecule has 1 aliphatic rings. The Kier molecular flexibility index (Phi) is 3.48. The normalized spacial score (nSPS) is 25.2. The third-order valence-electron chi connectivity index (χ3n) is 2.55. The summed E-state index contributed by atoms with van der Waals surface area (Å²) in [5.41, 5.74) is 1.11. The molecule has 2 nitrogen and oxygen atoms in total. The van der Waals surface area contributed by atoms with Gasteiger partial charge in [-0.05, 0) is 32.4 Å². The van der Waals surface area contributed by atoms with Gasteiger partial charge in [0.2, 0.25) is 0 Å². The molecule has 0 bridgehead atoms. The molecule has 68 valence electrons. The van der Waals surface area contributed by atoms with Crippen molar-refractivity contribution < 1.29 is 4.79 Å². The second-order valence-electron chi connectivity index (χ2n) is 3.63. The minimum atomic E-state index is 0.540. The fourth-order valence-corrected chi connectivity index (χ4v) is 1.77. The summed E-state index contributed by atoms with van der Waals surface area (Å²) in [6.45, 7) is 6.21. The zero-order valence-electron chi connectivity index (χ0n) is 7.75. The lowest BCUT2D eigenvalue weighted by Crippen LogP contribution is -2.32. The average molecular weight is 167 g/mol. The van der Waals surface area contributed by atoms with Crippen LogP contribution in [0.25, 0.3) is 0 Å². The molecule has 0 amide bonds. The third kappa shape index (κ3) is 2.45. The highest BCUT2D eigenvalue weighted by Gasteiger charge is 2.18. The molecule has 1 heterocycles. The summed E-state index contributed by atoms with van der Waals surface area (Å²) >= 11 is 0. The molecule has 1 fully saturated rings. The minimum Gasteiger partial charge on any atom is -0.306 e. The van der Waals surface area contributed by atoms with E-state index in [-0.39, 0.29) is 0 Å². The van der Waals surface area contributed by atoms with E-state index in [9.17, 15) is 4.79 Å². The van der Waals surface area contributed by atoms with Crippen LogP contribution < -0.4 is 0 Å². The largest absolute Gasteiger partial charge is 0.306 e. The molecule has 0 radical (unpaired) electrons. The Morgan fingerprint density at radius 3 is 3.08 bits per heavy atom. The van der Waals surface area contributed by atoms with Gasteiger partial charge in [-0.15, -0.1) is 0 Å². The molecule has 12 heavy (non-hydrogen) atoms. The molecule has 0 aromatic heterocycles. The Morgan fingerprint density at radius 1 is 1.75 bits per heavy atom. The molecule has 1 unspecified atom stereocenters. The smallest absolute Gasteiger partial charge is 0.124 e. The molecule has 0 aromatic rings. The van der Waals surface area contributed by atoms with Crippen molar-refractivity contribution in [1.82, 2.24) is 4.90 Å². The van der Waals surface area contributed by atoms with Crippen LogP contribution in [0.5, 0.6) is 0 Å². The first-order valence-electron chi connectivity index (χ1n) is 4.54. The van der Waals surface area contributed by atoms with E-state index in [1.807, 2.05) is 0 Å². The van der Waals surface area contributed by atoms with Crippen LogP contribution in [0.15, 0.2) is 12.2 Å². The van der Waals surface area contributed by atoms with E-state index in [1.54, 1.807) is 0 Å². The number of hydrogen-bond acceptors (Lipinski definition) is 2. The highest BCUT2D eigenvalue weighted by atomic mass is 16.1. The van der Waals surface area contributed by atoms with E-state index in [2.05, 4.69) is 18.5 Å². The van der Waals surface area contributed by atoms with Crippen molar-refractivity contribution in [1.29, 1.82) is 0 Å². The summed E-state index contributed by atoms with van der Waals surface area (Å²) in [5, 5.41) is 0. The van der Waals surface area contributed by atoms with Crippen LogP contribution >= 0.6 is 0 Å². The molecule has 1 rings (SSSR count). The molecular weight excluding hydrogens is 150 g/mol. The molecule has 1 aliphatic heterocycles. The van der Waals surface area contributed by atoms with Gasteiger partial charge in [-0.25, -0.2) is 0 Å². The van der Waals surface area contributed by atoms with Crippen LogP contribution in [-0.2, 0) is 4.79 Å². The van der Waals surface area contributed by atoms with Crippen molar-refractivity contribution in [2.75, 3.05) is 20.1 Å². The Bertz CT molecular complexity index is 177. The zero-order valence-corrected chi connectivity index (χ0v) is 7.75. The van der Waals surface area contributed by atoms with Crippen molar-refractivity contribution in [2.45, 2.75) is 19.3 Å². The molecule has 0 N–H and O–H groups in total. The number of nitrogens with zero attached hydrogens (tertiary/aromatic N) is 1. The topological polar surface area (TPSA) is 20.3 Å². The molecule has 0 aromatic carbocycles. The van der Waals surface area contributed by atoms with Gasteiger partial charge >= 0.3 is 0 Å². The van der Waals surface area contributed by atoms with E-state index in [0.717, 1.165) is 18.4 Å². The average Bonchev–Trinajstić information content (AvgIpc) is 2.05. The van der Waals surface area contributed by atoms with Crippen LogP contribution in [0.3, 0.4) is 0 Å². The third-order valence-corrected chi connectivity index (χ3v) is 2.55. The standard InChI is InChI=1S/C10H17NO/c1-9(5-7-12)10-4-3-6-11(2)8-10/h7,10H,1,3-6,8H2,2H3. The van der Waals surface area contributed by atoms with Crippen molar-refractivity contribution in [3.63, 3.8) is 0 Å². The van der Waals surface area contributed by atoms with Gasteiger partial charge in [0.25, 0.3) is 0 Å². The molecule has 0 spiro atoms. The van der Waals surface area contributed by atoms with Gasteiger partial charge in [0.15, 0.2) is 0 Å². The Labute approximate surface area is 74.2 Å². The Morgan fingerprint density at radius 2 is 2.50 bits per heavy atom. The number of carbonyl (C=O) groups excluding carboxylic acids is 1. The van der Waals surface area contributed by atoms with Crippen molar-refractivity contribution in [3.05, 3.63) is 12.2 Å². The van der Waals surface area contributed by atoms with Crippen molar-refractivity contribution >= 4 is 6.29 Å². The minimum absolute atomic E-state index is 0.540. The Hall–Kier alpha value is -0.630. The van der Waals surface area contributed by atoms with Gasteiger partial charge in [0.05, 0.1) is 0 Å². The number of carbonyl (C=O) groups is 1. The maximum atomic E-state index is 10.3. The summed E-state index contributed by atoms with van der Waals surface area (Å²) in [7, 11) is 2.13. The summed E-state index contributed by atoms with van der Waals surface area (Å²) in [5.74, 6) is 0.550. The van der Waals surface area contributed by atoms with E-state index in [0.29, 0.717) is 12.3 Å². The molecular formula is C10H17NO. The SMILES string of the molecule is C=C(CC=O)C1CCCN(C)C1. The number of aldehydes is 1. The van der Waals surface area contributed by atoms with Gasteiger partial charge in [0, 0.05) is 13.0 Å². The predicted octanol–water partition coefficient (Wildman–Crippen LogP) is 1.47. The van der Waals surface area contributed by atoms with Gasteiger partial charge < -0.3 is 9.69 Å². The second kappa shape index (κ2) is 4.41. The van der Waals surface area contributed by atoms with Gasteiger partial charge in [-0.2, -0.15) is 0 Å². The van der Waals surface area contributed by atoms with Gasteiger partial charge in [0.1, 0.15) is 6.29 Å². The van der Waals surface area contributed by atoms with Gasteiger partial charge in [-0.1, -0.05) is 12.2 Å². The lowest BCUT2D eigenvalue weighted by atomic mass is 9.90. The monoisotopic (exact) mass is 167 g/mol. The van der Waals surface area contributed by atoms with Gasteiger partial charge in [-0.3, -0.25) is 0 Å². The molecule has 2 heteroatoms. The summed E-state index contributed by atoms with van der Waals surface area (Å²) in [6, 6.07) is 0. The number of likely N-dealkylation sites (tertiary alicyclic amines) is 1. The second-order valence-corrected chi connectivity index (χ2v) is 3.63. The van der Waals surface area contributed by atoms with Crippen LogP contribution in [0.4, 0.5) is 0 Å². The van der Waals surface area contributed by atoms with Crippen molar-refractivity contribution in [3.8, 4) is 0 Å². The van der Waals surface area contributed by atoms with E-state index in [4.69, 9.17) is 0 Å². The first-order valence-corrected chi connectivity index (χ1v) is 4.54. The predicted molar refractivity (Wildman–Crippen MR) is 50.0 cm³/mol. The number of hydrogen-bond donors (Lipinski definition) is 0. The summed E-state index contributed by atoms with van der Waals surface area (Å²) in [4.78, 5) is 12.6. The lowest BCUT2D eigenvalue weighted by Gasteiger charge is -2.30. The van der Waals surface area contributed by atoms with Crippen LogP contribution in [0.1, 0.15) is 19.3 Å². The van der Waals surface area contributed by atoms with E-state index < -0.39 is 0 Å². The van der Waals surface area contributed by atoms with Crippen LogP contribution in [-0.4, -0.2) is 31.3 Å². The number of rotatable bonds is 3. The van der Waals surface area contributed by atoms with Crippen LogP contribution in [0.2, 0.25) is 0 Å². The highest BCUT2D eigenvalue weighted by Crippen LogP contribution is 2.22. The quantitative estimate of drug-likeness (QED) is 0.468. The zero-order chi connectivity index (χ0) is 8.97. The maximum Gasteiger partial charge on any atom is 0.124 e. The van der Waals surface area contributed by atoms with E-state index >= 15 is 0 Å². The maximum absolute atomic E-state index is 10.3. The van der Waals surface area contributed by atoms with Crippen molar-refractivity contribution in [2.24, 2.45) is 5.92 Å². The fourth-order valence-electron chi connectivity index (χ4n) is 1.77. The fraction of sp³-hybridized carbons (Fsp3) is 0.700. The first kappa shape index (κ1) is 9.46. The Balaban J connectivity index is 2.39. The van der Waals surface area contributed by atoms with E-state index in [1.165, 1.54) is 19.4 Å². The molecule has 1 saturated heterocycles. The molecule has 1 atom stereocenters. The molecule has 0 aliphatic carbocycles. The number of piperidine rings is 1. The summed E-state index contributed by atoms with van der Waals surface area (Å²) in [6.07, 6.45) is 3.94.